The molecule has 3 rings (SSSR count). The van der Waals surface area contributed by atoms with Gasteiger partial charge in [-0.2, -0.15) is 0 Å². The van der Waals surface area contributed by atoms with Crippen LogP contribution in [0.5, 0.6) is 0 Å². The lowest BCUT2D eigenvalue weighted by Crippen LogP contribution is -2.39. The Hall–Kier alpha value is -2.67. The van der Waals surface area contributed by atoms with Crippen LogP contribution in [0.25, 0.3) is 5.70 Å². The molecule has 0 spiro atoms. The molecule has 0 radical (unpaired) electrons. The summed E-state index contributed by atoms with van der Waals surface area (Å²) in [6.07, 6.45) is 6.15. The standard InChI is InChI=1S/C21H23BrN4O2/c1-21(2,3)26-10-9-15(13-26)20(28)23-12-19(27)25-18-8-7-17(24-18)14-5-4-6-16(22)11-14/h4-7,9-11,13H,8,12H2,1-3H3,(H,23,28)(H,24,25,27). The van der Waals surface area contributed by atoms with Crippen molar-refractivity contribution in [1.82, 2.24) is 15.2 Å². The number of nitrogens with one attached hydrogen (secondary N) is 2. The number of rotatable bonds is 4. The first kappa shape index (κ1) is 20.1. The van der Waals surface area contributed by atoms with Crippen molar-refractivity contribution in [2.75, 3.05) is 6.54 Å². The lowest BCUT2D eigenvalue weighted by atomic mass is 10.1. The van der Waals surface area contributed by atoms with Crippen molar-refractivity contribution < 1.29 is 9.59 Å². The number of benzene rings is 1. The van der Waals surface area contributed by atoms with E-state index in [0.29, 0.717) is 17.8 Å². The lowest BCUT2D eigenvalue weighted by Gasteiger charge is -2.20. The zero-order chi connectivity index (χ0) is 20.3. The Morgan fingerprint density at radius 3 is 2.71 bits per heavy atom. The number of aliphatic imine (C=N–C) groups is 1. The van der Waals surface area contributed by atoms with Crippen LogP contribution in [0.1, 0.15) is 43.1 Å². The monoisotopic (exact) mass is 442 g/mol. The van der Waals surface area contributed by atoms with E-state index in [2.05, 4.69) is 52.3 Å². The number of carbonyl (C=O) groups is 2. The maximum atomic E-state index is 12.2. The molecule has 146 valence electrons. The molecule has 0 aliphatic carbocycles. The van der Waals surface area contributed by atoms with Gasteiger partial charge in [-0.3, -0.25) is 9.59 Å². The summed E-state index contributed by atoms with van der Waals surface area (Å²) < 4.78 is 2.94. The highest BCUT2D eigenvalue weighted by Crippen LogP contribution is 2.24. The third-order valence-electron chi connectivity index (χ3n) is 4.29. The van der Waals surface area contributed by atoms with Crippen molar-refractivity contribution in [1.29, 1.82) is 0 Å². The van der Waals surface area contributed by atoms with E-state index in [-0.39, 0.29) is 23.9 Å². The molecule has 0 atom stereocenters. The van der Waals surface area contributed by atoms with Crippen LogP contribution in [0.4, 0.5) is 0 Å². The normalized spacial score (nSPS) is 13.7. The molecule has 1 aromatic heterocycles. The number of carbonyl (C=O) groups excluding carboxylic acids is 2. The summed E-state index contributed by atoms with van der Waals surface area (Å²) in [5, 5.41) is 5.40. The number of nitrogens with zero attached hydrogens (tertiary/aromatic N) is 2. The van der Waals surface area contributed by atoms with E-state index in [4.69, 9.17) is 0 Å². The second-order valence-corrected chi connectivity index (χ2v) is 8.49. The average molecular weight is 443 g/mol. The molecule has 28 heavy (non-hydrogen) atoms. The van der Waals surface area contributed by atoms with E-state index >= 15 is 0 Å². The highest BCUT2D eigenvalue weighted by atomic mass is 79.9. The van der Waals surface area contributed by atoms with Crippen LogP contribution in [-0.2, 0) is 10.3 Å². The summed E-state index contributed by atoms with van der Waals surface area (Å²) in [6, 6.07) is 9.57. The first-order valence-electron chi connectivity index (χ1n) is 9.02. The minimum absolute atomic E-state index is 0.102. The fourth-order valence-corrected chi connectivity index (χ4v) is 3.15. The number of amidine groups is 1. The minimum Gasteiger partial charge on any atom is -0.348 e. The Balaban J connectivity index is 1.52. The first-order chi connectivity index (χ1) is 13.2. The van der Waals surface area contributed by atoms with E-state index in [1.165, 1.54) is 0 Å². The average Bonchev–Trinajstić information content (AvgIpc) is 3.29. The van der Waals surface area contributed by atoms with Crippen molar-refractivity contribution in [2.45, 2.75) is 32.7 Å². The Morgan fingerprint density at radius 1 is 1.25 bits per heavy atom. The van der Waals surface area contributed by atoms with Gasteiger partial charge in [0.15, 0.2) is 0 Å². The molecule has 1 aliphatic heterocycles. The molecule has 0 saturated carbocycles. The van der Waals surface area contributed by atoms with Crippen LogP contribution in [0.3, 0.4) is 0 Å². The number of aromatic nitrogens is 1. The third kappa shape index (κ3) is 4.98. The maximum Gasteiger partial charge on any atom is 0.253 e. The Kier molecular flexibility index (Phi) is 5.84. The van der Waals surface area contributed by atoms with Crippen molar-refractivity contribution in [3.8, 4) is 0 Å². The Bertz CT molecular complexity index is 967. The van der Waals surface area contributed by atoms with Crippen LogP contribution in [0, 0.1) is 0 Å². The molecule has 0 fully saturated rings. The fraction of sp³-hybridized carbons (Fsp3) is 0.286. The van der Waals surface area contributed by atoms with Gasteiger partial charge in [0.05, 0.1) is 17.8 Å². The van der Waals surface area contributed by atoms with Gasteiger partial charge in [-0.05, 0) is 39.0 Å². The fourth-order valence-electron chi connectivity index (χ4n) is 2.76. The smallest absolute Gasteiger partial charge is 0.253 e. The van der Waals surface area contributed by atoms with Crippen LogP contribution in [0.2, 0.25) is 0 Å². The van der Waals surface area contributed by atoms with Crippen LogP contribution >= 0.6 is 15.9 Å². The van der Waals surface area contributed by atoms with Gasteiger partial charge >= 0.3 is 0 Å². The van der Waals surface area contributed by atoms with Crippen LogP contribution in [0.15, 0.2) is 58.3 Å². The van der Waals surface area contributed by atoms with Crippen molar-refractivity contribution in [3.63, 3.8) is 0 Å². The molecule has 0 saturated heterocycles. The molecule has 2 heterocycles. The number of amides is 2. The summed E-state index contributed by atoms with van der Waals surface area (Å²) in [7, 11) is 0. The van der Waals surface area contributed by atoms with Crippen molar-refractivity contribution in [3.05, 3.63) is 64.4 Å². The number of hydrogen-bond acceptors (Lipinski definition) is 3. The zero-order valence-electron chi connectivity index (χ0n) is 16.1. The maximum absolute atomic E-state index is 12.2. The topological polar surface area (TPSA) is 75.5 Å². The Morgan fingerprint density at radius 2 is 2.04 bits per heavy atom. The van der Waals surface area contributed by atoms with Crippen LogP contribution in [-0.4, -0.2) is 28.8 Å². The van der Waals surface area contributed by atoms with E-state index in [9.17, 15) is 9.59 Å². The van der Waals surface area contributed by atoms with Gasteiger partial charge in [-0.15, -0.1) is 0 Å². The molecule has 1 aromatic carbocycles. The van der Waals surface area contributed by atoms with Gasteiger partial charge < -0.3 is 15.2 Å². The molecule has 2 aromatic rings. The lowest BCUT2D eigenvalue weighted by molar-refractivity contribution is -0.118. The van der Waals surface area contributed by atoms with E-state index in [1.54, 1.807) is 12.3 Å². The van der Waals surface area contributed by atoms with E-state index < -0.39 is 0 Å². The second kappa shape index (κ2) is 8.14. The number of hydrogen-bond donors (Lipinski definition) is 2. The highest BCUT2D eigenvalue weighted by molar-refractivity contribution is 9.10. The first-order valence-corrected chi connectivity index (χ1v) is 9.82. The summed E-state index contributed by atoms with van der Waals surface area (Å²) in [5.41, 5.74) is 2.23. The van der Waals surface area contributed by atoms with Crippen molar-refractivity contribution in [2.24, 2.45) is 4.99 Å². The van der Waals surface area contributed by atoms with Crippen molar-refractivity contribution >= 4 is 39.3 Å². The van der Waals surface area contributed by atoms with Gasteiger partial charge in [-0.25, -0.2) is 4.99 Å². The SMILES string of the molecule is CC(C)(C)n1ccc(C(=O)NCC(=O)NC2=NC(c3cccc(Br)c3)=CC2)c1. The molecule has 0 bridgehead atoms. The van der Waals surface area contributed by atoms with Gasteiger partial charge in [0.1, 0.15) is 5.84 Å². The number of halogens is 1. The van der Waals surface area contributed by atoms with E-state index in [0.717, 1.165) is 15.7 Å². The van der Waals surface area contributed by atoms with E-state index in [1.807, 2.05) is 41.1 Å². The molecular formula is C21H23BrN4O2. The third-order valence-corrected chi connectivity index (χ3v) is 4.78. The quantitative estimate of drug-likeness (QED) is 0.757. The molecular weight excluding hydrogens is 420 g/mol. The van der Waals surface area contributed by atoms with Gasteiger partial charge in [0, 0.05) is 34.4 Å². The summed E-state index contributed by atoms with van der Waals surface area (Å²) in [5.74, 6) is -0.00110. The summed E-state index contributed by atoms with van der Waals surface area (Å²) in [6.45, 7) is 6.06. The van der Waals surface area contributed by atoms with Gasteiger partial charge in [0.25, 0.3) is 5.91 Å². The van der Waals surface area contributed by atoms with Crippen LogP contribution < -0.4 is 10.6 Å². The molecule has 2 N–H and O–H groups in total. The minimum atomic E-state index is -0.300. The Labute approximate surface area is 172 Å². The highest BCUT2D eigenvalue weighted by Gasteiger charge is 2.17. The molecule has 1 aliphatic rings. The summed E-state index contributed by atoms with van der Waals surface area (Å²) in [4.78, 5) is 28.9. The largest absolute Gasteiger partial charge is 0.348 e. The predicted octanol–water partition coefficient (Wildman–Crippen LogP) is 3.69. The molecule has 7 heteroatoms. The zero-order valence-corrected chi connectivity index (χ0v) is 17.7. The second-order valence-electron chi connectivity index (χ2n) is 7.57. The molecule has 2 amide bonds. The van der Waals surface area contributed by atoms with Gasteiger partial charge in [-0.1, -0.05) is 34.1 Å². The predicted molar refractivity (Wildman–Crippen MR) is 114 cm³/mol. The molecule has 0 unspecified atom stereocenters. The molecule has 6 nitrogen and oxygen atoms in total. The van der Waals surface area contributed by atoms with Gasteiger partial charge in [0.2, 0.25) is 5.91 Å². The summed E-state index contributed by atoms with van der Waals surface area (Å²) >= 11 is 3.44.